The van der Waals surface area contributed by atoms with Crippen LogP contribution in [-0.2, 0) is 22.7 Å². The number of benzene rings is 2. The average Bonchev–Trinajstić information content (AvgIpc) is 2.54. The van der Waals surface area contributed by atoms with Crippen LogP contribution >= 0.6 is 0 Å². The third-order valence-electron chi connectivity index (χ3n) is 5.73. The first kappa shape index (κ1) is 24.1. The summed E-state index contributed by atoms with van der Waals surface area (Å²) in [6, 6.07) is 8.26. The summed E-state index contributed by atoms with van der Waals surface area (Å²) < 4.78 is 0. The Morgan fingerprint density at radius 1 is 0.700 bits per heavy atom. The number of allylic oxidation sites excluding steroid dienone is 1. The summed E-state index contributed by atoms with van der Waals surface area (Å²) in [5, 5.41) is 22.3. The Morgan fingerprint density at radius 3 is 1.53 bits per heavy atom. The molecule has 2 nitrogen and oxygen atoms in total. The molecule has 0 amide bonds. The van der Waals surface area contributed by atoms with Crippen LogP contribution in [-0.4, -0.2) is 10.2 Å². The minimum Gasteiger partial charge on any atom is -0.507 e. The topological polar surface area (TPSA) is 40.5 Å². The summed E-state index contributed by atoms with van der Waals surface area (Å²) >= 11 is 0. The van der Waals surface area contributed by atoms with Crippen molar-refractivity contribution in [2.24, 2.45) is 0 Å². The summed E-state index contributed by atoms with van der Waals surface area (Å²) in [7, 11) is 0. The van der Waals surface area contributed by atoms with Crippen molar-refractivity contribution in [1.29, 1.82) is 0 Å². The van der Waals surface area contributed by atoms with E-state index in [0.29, 0.717) is 17.9 Å². The number of hydrogen-bond donors (Lipinski definition) is 2. The molecule has 0 aliphatic carbocycles. The molecule has 0 aromatic heterocycles. The van der Waals surface area contributed by atoms with E-state index < -0.39 is 0 Å². The van der Waals surface area contributed by atoms with Gasteiger partial charge in [0, 0.05) is 12.0 Å². The van der Waals surface area contributed by atoms with Gasteiger partial charge in [0.25, 0.3) is 0 Å². The van der Waals surface area contributed by atoms with Crippen molar-refractivity contribution in [3.63, 3.8) is 0 Å². The van der Waals surface area contributed by atoms with E-state index in [2.05, 4.69) is 81.0 Å². The molecule has 0 fully saturated rings. The Balaban J connectivity index is 2.76. The van der Waals surface area contributed by atoms with Crippen LogP contribution in [0.4, 0.5) is 0 Å². The lowest BCUT2D eigenvalue weighted by Gasteiger charge is -2.28. The van der Waals surface area contributed by atoms with Gasteiger partial charge in [-0.3, -0.25) is 0 Å². The van der Waals surface area contributed by atoms with Gasteiger partial charge in [-0.05, 0) is 63.1 Å². The molecule has 0 atom stereocenters. The molecule has 0 bridgehead atoms. The van der Waals surface area contributed by atoms with Crippen LogP contribution in [0.3, 0.4) is 0 Å². The number of phenolic OH excluding ortho intramolecular Hbond substituents is 2. The summed E-state index contributed by atoms with van der Waals surface area (Å²) in [5.74, 6) is 0.637. The molecule has 0 radical (unpaired) electrons. The molecule has 0 aliphatic heterocycles. The van der Waals surface area contributed by atoms with Crippen LogP contribution in [0.15, 0.2) is 30.8 Å². The van der Waals surface area contributed by atoms with Gasteiger partial charge in [0.1, 0.15) is 11.5 Å². The highest BCUT2D eigenvalue weighted by molar-refractivity contribution is 5.66. The quantitative estimate of drug-likeness (QED) is 0.548. The van der Waals surface area contributed by atoms with E-state index in [4.69, 9.17) is 0 Å². The van der Waals surface area contributed by atoms with Crippen LogP contribution in [0.2, 0.25) is 0 Å². The zero-order valence-corrected chi connectivity index (χ0v) is 20.6. The molecular weight excluding hydrogens is 368 g/mol. The van der Waals surface area contributed by atoms with E-state index >= 15 is 0 Å². The van der Waals surface area contributed by atoms with Crippen molar-refractivity contribution in [3.8, 4) is 11.5 Å². The predicted molar refractivity (Wildman–Crippen MR) is 130 cm³/mol. The van der Waals surface area contributed by atoms with Gasteiger partial charge in [-0.25, -0.2) is 0 Å². The van der Waals surface area contributed by atoms with E-state index in [9.17, 15) is 10.2 Å². The van der Waals surface area contributed by atoms with Gasteiger partial charge in [0.2, 0.25) is 0 Å². The van der Waals surface area contributed by atoms with Gasteiger partial charge >= 0.3 is 0 Å². The fraction of sp³-hybridized carbons (Fsp3) is 0.500. The van der Waals surface area contributed by atoms with Crippen molar-refractivity contribution in [1.82, 2.24) is 0 Å². The molecule has 0 saturated heterocycles. The first-order valence-corrected chi connectivity index (χ1v) is 10.8. The molecule has 0 saturated carbocycles. The maximum absolute atomic E-state index is 11.2. The molecule has 2 heteroatoms. The van der Waals surface area contributed by atoms with Crippen LogP contribution < -0.4 is 0 Å². The zero-order chi connectivity index (χ0) is 23.2. The molecule has 30 heavy (non-hydrogen) atoms. The second-order valence-corrected chi connectivity index (χ2v) is 11.8. The van der Waals surface area contributed by atoms with Gasteiger partial charge in [0.15, 0.2) is 0 Å². The fourth-order valence-corrected chi connectivity index (χ4v) is 3.69. The minimum atomic E-state index is -0.198. The van der Waals surface area contributed by atoms with Gasteiger partial charge in [0.05, 0.1) is 0 Å². The second kappa shape index (κ2) is 7.80. The Kier molecular flexibility index (Phi) is 6.25. The highest BCUT2D eigenvalue weighted by atomic mass is 16.3. The molecule has 0 spiro atoms. The number of aromatic hydroxyl groups is 2. The van der Waals surface area contributed by atoms with Crippen LogP contribution in [0.25, 0.3) is 5.57 Å². The monoisotopic (exact) mass is 408 g/mol. The molecule has 0 aliphatic rings. The molecule has 164 valence electrons. The molecule has 2 aromatic rings. The first-order chi connectivity index (χ1) is 13.4. The lowest BCUT2D eigenvalue weighted by Crippen LogP contribution is -2.18. The Bertz CT molecular complexity index is 958. The predicted octanol–water partition coefficient (Wildman–Crippen LogP) is 7.61. The normalized spacial score (nSPS) is 12.9. The summed E-state index contributed by atoms with van der Waals surface area (Å²) in [4.78, 5) is 0. The summed E-state index contributed by atoms with van der Waals surface area (Å²) in [5.41, 5.74) is 6.27. The average molecular weight is 409 g/mol. The van der Waals surface area contributed by atoms with Crippen molar-refractivity contribution in [2.75, 3.05) is 0 Å². The molecule has 0 heterocycles. The van der Waals surface area contributed by atoms with Crippen LogP contribution in [0, 0.1) is 0 Å². The Morgan fingerprint density at radius 2 is 1.13 bits per heavy atom. The van der Waals surface area contributed by atoms with Gasteiger partial charge in [-0.2, -0.15) is 0 Å². The first-order valence-electron chi connectivity index (χ1n) is 10.8. The molecule has 0 unspecified atom stereocenters. The van der Waals surface area contributed by atoms with Crippen LogP contribution in [0.5, 0.6) is 11.5 Å². The van der Waals surface area contributed by atoms with Gasteiger partial charge < -0.3 is 10.2 Å². The molecular formula is C28H40O2. The number of phenols is 2. The summed E-state index contributed by atoms with van der Waals surface area (Å²) in [6.07, 6.45) is 0.467. The van der Waals surface area contributed by atoms with E-state index in [1.165, 1.54) is 5.56 Å². The molecule has 2 aromatic carbocycles. The number of hydrogen-bond acceptors (Lipinski definition) is 2. The highest BCUT2D eigenvalue weighted by Gasteiger charge is 2.27. The highest BCUT2D eigenvalue weighted by Crippen LogP contribution is 2.41. The Hall–Kier alpha value is -2.22. The lowest BCUT2D eigenvalue weighted by molar-refractivity contribution is 0.434. The summed E-state index contributed by atoms with van der Waals surface area (Å²) in [6.45, 7) is 25.3. The zero-order valence-electron chi connectivity index (χ0n) is 20.6. The van der Waals surface area contributed by atoms with E-state index in [-0.39, 0.29) is 16.2 Å². The minimum absolute atomic E-state index is 0.0411. The largest absolute Gasteiger partial charge is 0.507 e. The lowest BCUT2D eigenvalue weighted by atomic mass is 9.77. The number of rotatable bonds is 3. The van der Waals surface area contributed by atoms with E-state index in [0.717, 1.165) is 33.4 Å². The molecule has 2 rings (SSSR count). The molecule has 2 N–H and O–H groups in total. The van der Waals surface area contributed by atoms with Crippen LogP contribution in [0.1, 0.15) is 103 Å². The maximum atomic E-state index is 11.2. The van der Waals surface area contributed by atoms with Gasteiger partial charge in [-0.1, -0.05) is 86.6 Å². The SMILES string of the molecule is C=C(C)c1cc(Cc2cc(C(C)(C)C)cc(C(C)(C)C)c2O)c(O)c(C(C)(C)C)c1. The van der Waals surface area contributed by atoms with Crippen molar-refractivity contribution < 1.29 is 10.2 Å². The van der Waals surface area contributed by atoms with E-state index in [1.54, 1.807) is 0 Å². The van der Waals surface area contributed by atoms with E-state index in [1.807, 2.05) is 19.1 Å². The third-order valence-corrected chi connectivity index (χ3v) is 5.73. The van der Waals surface area contributed by atoms with Crippen molar-refractivity contribution >= 4 is 5.57 Å². The second-order valence-electron chi connectivity index (χ2n) is 11.8. The third kappa shape index (κ3) is 5.09. The fourth-order valence-electron chi connectivity index (χ4n) is 3.69. The maximum Gasteiger partial charge on any atom is 0.122 e. The standard InChI is InChI=1S/C28H40O2/c1-17(2)18-12-19(24(29)22(15-18)27(6,7)8)13-20-14-21(26(3,4)5)16-23(25(20)30)28(9,10)11/h12,14-16,29-30H,1,13H2,2-11H3. The van der Waals surface area contributed by atoms with Gasteiger partial charge in [-0.15, -0.1) is 0 Å². The smallest absolute Gasteiger partial charge is 0.122 e. The van der Waals surface area contributed by atoms with Crippen molar-refractivity contribution in [2.45, 2.75) is 91.9 Å². The Labute approximate surface area is 183 Å². The van der Waals surface area contributed by atoms with Crippen molar-refractivity contribution in [3.05, 3.63) is 64.2 Å².